The monoisotopic (exact) mass is 508 g/mol. The van der Waals surface area contributed by atoms with Crippen LogP contribution in [-0.4, -0.2) is 70.1 Å². The van der Waals surface area contributed by atoms with Crippen molar-refractivity contribution < 1.29 is 20.1 Å². The highest BCUT2D eigenvalue weighted by Gasteiger charge is 2.44. The summed E-state index contributed by atoms with van der Waals surface area (Å²) in [6.07, 6.45) is -2.15. The first-order valence-electron chi connectivity index (χ1n) is 10.3. The summed E-state index contributed by atoms with van der Waals surface area (Å²) < 4.78 is 9.16. The lowest BCUT2D eigenvalue weighted by Gasteiger charge is -2.18. The number of aromatic nitrogens is 5. The molecule has 0 radical (unpaired) electrons. The maximum atomic E-state index is 10.4. The van der Waals surface area contributed by atoms with Gasteiger partial charge in [0.25, 0.3) is 0 Å². The van der Waals surface area contributed by atoms with Crippen LogP contribution in [0.1, 0.15) is 19.6 Å². The minimum absolute atomic E-state index is 0.00154. The van der Waals surface area contributed by atoms with Crippen molar-refractivity contribution in [3.63, 3.8) is 0 Å². The van der Waals surface area contributed by atoms with E-state index in [1.807, 2.05) is 24.3 Å². The molecule has 13 heteroatoms. The van der Waals surface area contributed by atoms with E-state index in [4.69, 9.17) is 16.3 Å². The molecule has 174 valence electrons. The number of anilines is 1. The molecule has 1 aromatic carbocycles. The number of thioether (sulfide) groups is 1. The highest BCUT2D eigenvalue weighted by molar-refractivity contribution is 8.01. The highest BCUT2D eigenvalue weighted by atomic mass is 35.5. The predicted octanol–water partition coefficient (Wildman–Crippen LogP) is 2.64. The molecule has 4 aromatic rings. The van der Waals surface area contributed by atoms with Gasteiger partial charge in [-0.2, -0.15) is 9.97 Å². The van der Waals surface area contributed by atoms with Crippen molar-refractivity contribution in [2.45, 2.75) is 47.6 Å². The van der Waals surface area contributed by atoms with Gasteiger partial charge in [-0.1, -0.05) is 30.8 Å². The van der Waals surface area contributed by atoms with Crippen molar-refractivity contribution in [1.29, 1.82) is 0 Å². The molecule has 1 saturated heterocycles. The third-order valence-electron chi connectivity index (χ3n) is 5.37. The molecule has 3 unspecified atom stereocenters. The lowest BCUT2D eigenvalue weighted by atomic mass is 10.1. The first-order chi connectivity index (χ1) is 16.0. The number of rotatable bonds is 7. The molecule has 0 bridgehead atoms. The zero-order valence-electron chi connectivity index (χ0n) is 17.4. The quantitative estimate of drug-likeness (QED) is 0.167. The van der Waals surface area contributed by atoms with Gasteiger partial charge in [-0.3, -0.25) is 4.57 Å². The van der Waals surface area contributed by atoms with Crippen molar-refractivity contribution in [2.75, 3.05) is 11.9 Å². The number of para-hydroxylation sites is 1. The van der Waals surface area contributed by atoms with Crippen LogP contribution < -0.4 is 5.32 Å². The van der Waals surface area contributed by atoms with Gasteiger partial charge >= 0.3 is 0 Å². The van der Waals surface area contributed by atoms with Gasteiger partial charge in [0.1, 0.15) is 18.3 Å². The second-order valence-corrected chi connectivity index (χ2v) is 10.3. The molecule has 5 atom stereocenters. The number of halogens is 1. The van der Waals surface area contributed by atoms with Crippen molar-refractivity contribution in [3.8, 4) is 0 Å². The smallest absolute Gasteiger partial charge is 0.226 e. The molecular weight excluding hydrogens is 488 g/mol. The Balaban J connectivity index is 1.43. The largest absolute Gasteiger partial charge is 0.394 e. The Bertz CT molecular complexity index is 1250. The SMILES string of the molecule is CCC(Nc1nc(Cl)nc2c1ncn2[C@@H]1O[C@H](CO)C(O)C1O)Sc1nc2ccccc2s1. The Kier molecular flexibility index (Phi) is 6.40. The minimum atomic E-state index is -1.26. The van der Waals surface area contributed by atoms with E-state index in [0.29, 0.717) is 17.0 Å². The number of aliphatic hydroxyl groups is 3. The number of hydrogen-bond donors (Lipinski definition) is 4. The minimum Gasteiger partial charge on any atom is -0.394 e. The van der Waals surface area contributed by atoms with Crippen molar-refractivity contribution in [3.05, 3.63) is 35.9 Å². The molecule has 4 heterocycles. The molecule has 5 rings (SSSR count). The molecule has 0 saturated carbocycles. The van der Waals surface area contributed by atoms with Crippen LogP contribution in [0.2, 0.25) is 5.28 Å². The summed E-state index contributed by atoms with van der Waals surface area (Å²) in [5.41, 5.74) is 1.75. The predicted molar refractivity (Wildman–Crippen MR) is 127 cm³/mol. The molecular formula is C20H21ClN6O4S2. The van der Waals surface area contributed by atoms with Crippen molar-refractivity contribution in [2.24, 2.45) is 0 Å². The summed E-state index contributed by atoms with van der Waals surface area (Å²) in [5.74, 6) is 0.441. The van der Waals surface area contributed by atoms with Gasteiger partial charge in [0.05, 0.1) is 28.5 Å². The second-order valence-electron chi connectivity index (χ2n) is 7.50. The zero-order chi connectivity index (χ0) is 23.1. The Labute approximate surface area is 201 Å². The van der Waals surface area contributed by atoms with Gasteiger partial charge in [0.15, 0.2) is 27.5 Å². The first-order valence-corrected chi connectivity index (χ1v) is 12.4. The third kappa shape index (κ3) is 4.28. The molecule has 0 aliphatic carbocycles. The lowest BCUT2D eigenvalue weighted by molar-refractivity contribution is -0.0511. The Morgan fingerprint density at radius 3 is 2.79 bits per heavy atom. The standard InChI is InChI=1S/C20H21ClN6O4S2/c1-2-12(33-20-23-9-5-3-4-6-11(9)32-20)24-16-13-17(26-19(21)25-16)27(8-22-13)18-15(30)14(29)10(7-28)31-18/h3-6,8,10,12,14-15,18,28-30H,2,7H2,1H3,(H,24,25,26)/t10-,12?,14?,15?,18-/m1/s1. The number of thiazole rings is 1. The summed E-state index contributed by atoms with van der Waals surface area (Å²) in [7, 11) is 0. The Morgan fingerprint density at radius 1 is 1.24 bits per heavy atom. The van der Waals surface area contributed by atoms with Crippen LogP contribution in [0.3, 0.4) is 0 Å². The van der Waals surface area contributed by atoms with E-state index >= 15 is 0 Å². The fourth-order valence-corrected chi connectivity index (χ4v) is 6.08. The average molecular weight is 509 g/mol. The van der Waals surface area contributed by atoms with Crippen molar-refractivity contribution in [1.82, 2.24) is 24.5 Å². The van der Waals surface area contributed by atoms with Crippen LogP contribution in [-0.2, 0) is 4.74 Å². The lowest BCUT2D eigenvalue weighted by Crippen LogP contribution is -2.33. The van der Waals surface area contributed by atoms with Gasteiger partial charge in [-0.15, -0.1) is 11.3 Å². The molecule has 3 aromatic heterocycles. The molecule has 0 amide bonds. The summed E-state index contributed by atoms with van der Waals surface area (Å²) in [5, 5.41) is 33.2. The number of nitrogens with one attached hydrogen (secondary N) is 1. The number of aliphatic hydroxyl groups excluding tert-OH is 3. The van der Waals surface area contributed by atoms with E-state index in [2.05, 4.69) is 32.2 Å². The highest BCUT2D eigenvalue weighted by Crippen LogP contribution is 2.36. The summed E-state index contributed by atoms with van der Waals surface area (Å²) in [6.45, 7) is 1.63. The third-order valence-corrected chi connectivity index (χ3v) is 7.94. The summed E-state index contributed by atoms with van der Waals surface area (Å²) >= 11 is 9.43. The van der Waals surface area contributed by atoms with E-state index in [-0.39, 0.29) is 10.7 Å². The molecule has 1 aliphatic heterocycles. The van der Waals surface area contributed by atoms with Gasteiger partial charge in [-0.25, -0.2) is 9.97 Å². The molecule has 10 nitrogen and oxygen atoms in total. The summed E-state index contributed by atoms with van der Waals surface area (Å²) in [6, 6.07) is 7.99. The molecule has 33 heavy (non-hydrogen) atoms. The van der Waals surface area contributed by atoms with Crippen LogP contribution in [0, 0.1) is 0 Å². The normalized spacial score (nSPS) is 24.0. The Morgan fingerprint density at radius 2 is 2.06 bits per heavy atom. The fraction of sp³-hybridized carbons (Fsp3) is 0.400. The first kappa shape index (κ1) is 22.7. The van der Waals surface area contributed by atoms with E-state index in [1.54, 1.807) is 23.1 Å². The van der Waals surface area contributed by atoms with Crippen LogP contribution >= 0.6 is 34.7 Å². The van der Waals surface area contributed by atoms with Gasteiger partial charge in [-0.05, 0) is 30.2 Å². The summed E-state index contributed by atoms with van der Waals surface area (Å²) in [4.78, 5) is 17.7. The maximum absolute atomic E-state index is 10.4. The Hall–Kier alpha value is -2.06. The van der Waals surface area contributed by atoms with E-state index in [1.165, 1.54) is 10.9 Å². The fourth-order valence-electron chi connectivity index (χ4n) is 3.68. The number of hydrogen-bond acceptors (Lipinski definition) is 11. The molecule has 1 fully saturated rings. The second kappa shape index (κ2) is 9.29. The van der Waals surface area contributed by atoms with Crippen LogP contribution in [0.15, 0.2) is 34.9 Å². The van der Waals surface area contributed by atoms with Crippen LogP contribution in [0.4, 0.5) is 5.82 Å². The zero-order valence-corrected chi connectivity index (χ0v) is 19.8. The van der Waals surface area contributed by atoms with Gasteiger partial charge < -0.3 is 25.4 Å². The number of benzene rings is 1. The van der Waals surface area contributed by atoms with Gasteiger partial charge in [0, 0.05) is 0 Å². The molecule has 1 aliphatic rings. The van der Waals surface area contributed by atoms with Crippen LogP contribution in [0.25, 0.3) is 21.4 Å². The van der Waals surface area contributed by atoms with Crippen LogP contribution in [0.5, 0.6) is 0 Å². The van der Waals surface area contributed by atoms with E-state index in [9.17, 15) is 15.3 Å². The number of fused-ring (bicyclic) bond motifs is 2. The number of imidazole rings is 1. The number of ether oxygens (including phenoxy) is 1. The van der Waals surface area contributed by atoms with E-state index in [0.717, 1.165) is 21.0 Å². The topological polar surface area (TPSA) is 138 Å². The van der Waals surface area contributed by atoms with Crippen molar-refractivity contribution >= 4 is 61.9 Å². The van der Waals surface area contributed by atoms with Gasteiger partial charge in [0.2, 0.25) is 5.28 Å². The molecule has 0 spiro atoms. The average Bonchev–Trinajstić information content (AvgIpc) is 3.49. The number of nitrogens with zero attached hydrogens (tertiary/aromatic N) is 5. The maximum Gasteiger partial charge on any atom is 0.226 e. The van der Waals surface area contributed by atoms with E-state index < -0.39 is 31.1 Å². The molecule has 4 N–H and O–H groups in total.